The third-order valence-corrected chi connectivity index (χ3v) is 5.76. The maximum atomic E-state index is 11.7. The van der Waals surface area contributed by atoms with Gasteiger partial charge in [0, 0.05) is 22.5 Å². The molecule has 1 aromatic carbocycles. The Labute approximate surface area is 180 Å². The Morgan fingerprint density at radius 3 is 2.72 bits per heavy atom. The van der Waals surface area contributed by atoms with Crippen molar-refractivity contribution in [3.8, 4) is 0 Å². The number of esters is 1. The highest BCUT2D eigenvalue weighted by Gasteiger charge is 2.21. The van der Waals surface area contributed by atoms with Crippen LogP contribution in [0, 0.1) is 0 Å². The van der Waals surface area contributed by atoms with E-state index in [1.807, 2.05) is 42.5 Å². The Morgan fingerprint density at radius 2 is 2.07 bits per heavy atom. The summed E-state index contributed by atoms with van der Waals surface area (Å²) in [5.41, 5.74) is 1.94. The molecular weight excluding hydrogens is 406 g/mol. The van der Waals surface area contributed by atoms with Crippen molar-refractivity contribution in [3.63, 3.8) is 0 Å². The predicted molar refractivity (Wildman–Crippen MR) is 116 cm³/mol. The molecule has 0 aliphatic carbocycles. The van der Waals surface area contributed by atoms with Crippen LogP contribution in [-0.2, 0) is 22.5 Å². The van der Waals surface area contributed by atoms with Gasteiger partial charge in [0.25, 0.3) is 0 Å². The number of aromatic nitrogens is 3. The van der Waals surface area contributed by atoms with Gasteiger partial charge in [-0.25, -0.2) is 4.98 Å². The van der Waals surface area contributed by atoms with Crippen molar-refractivity contribution < 1.29 is 9.53 Å². The second-order valence-electron chi connectivity index (χ2n) is 6.92. The molecule has 0 atom stereocenters. The molecule has 29 heavy (non-hydrogen) atoms. The van der Waals surface area contributed by atoms with Gasteiger partial charge >= 0.3 is 5.97 Å². The summed E-state index contributed by atoms with van der Waals surface area (Å²) in [6, 6.07) is 13.7. The lowest BCUT2D eigenvalue weighted by Gasteiger charge is -2.13. The summed E-state index contributed by atoms with van der Waals surface area (Å²) in [6.45, 7) is 4.83. The average molecular weight is 430 g/mol. The van der Waals surface area contributed by atoms with Crippen LogP contribution in [0.15, 0.2) is 58.6 Å². The molecule has 0 spiro atoms. The molecule has 0 aliphatic rings. The quantitative estimate of drug-likeness (QED) is 0.451. The SMILES string of the molecule is COC(=O)CCc1nc(C(C)C)c(Sc2cccc(Cl)c2)n1Cc1ccccn1. The van der Waals surface area contributed by atoms with Gasteiger partial charge in [-0.15, -0.1) is 0 Å². The maximum absolute atomic E-state index is 11.7. The number of imidazole rings is 1. The third kappa shape index (κ3) is 5.61. The predicted octanol–water partition coefficient (Wildman–Crippen LogP) is 5.36. The van der Waals surface area contributed by atoms with Crippen LogP contribution >= 0.6 is 23.4 Å². The van der Waals surface area contributed by atoms with E-state index in [2.05, 4.69) is 23.4 Å². The van der Waals surface area contributed by atoms with Gasteiger partial charge in [0.2, 0.25) is 0 Å². The molecule has 0 saturated heterocycles. The molecule has 0 N–H and O–H groups in total. The first-order chi connectivity index (χ1) is 14.0. The summed E-state index contributed by atoms with van der Waals surface area (Å²) < 4.78 is 6.97. The Morgan fingerprint density at radius 1 is 1.24 bits per heavy atom. The summed E-state index contributed by atoms with van der Waals surface area (Å²) in [5, 5.41) is 1.75. The van der Waals surface area contributed by atoms with Crippen molar-refractivity contribution in [1.82, 2.24) is 14.5 Å². The van der Waals surface area contributed by atoms with Crippen LogP contribution in [0.3, 0.4) is 0 Å². The molecule has 2 aromatic heterocycles. The van der Waals surface area contributed by atoms with E-state index in [4.69, 9.17) is 21.3 Å². The van der Waals surface area contributed by atoms with Crippen molar-refractivity contribution in [3.05, 3.63) is 70.9 Å². The molecule has 0 saturated carbocycles. The van der Waals surface area contributed by atoms with E-state index in [0.717, 1.165) is 27.1 Å². The second-order valence-corrected chi connectivity index (χ2v) is 8.41. The van der Waals surface area contributed by atoms with Crippen LogP contribution in [-0.4, -0.2) is 27.6 Å². The smallest absolute Gasteiger partial charge is 0.305 e. The number of methoxy groups -OCH3 is 1. The molecule has 5 nitrogen and oxygen atoms in total. The normalized spacial score (nSPS) is 11.1. The zero-order valence-corrected chi connectivity index (χ0v) is 18.3. The number of ether oxygens (including phenoxy) is 1. The summed E-state index contributed by atoms with van der Waals surface area (Å²) in [5.74, 6) is 0.848. The van der Waals surface area contributed by atoms with Crippen molar-refractivity contribution in [2.45, 2.75) is 49.1 Å². The highest BCUT2D eigenvalue weighted by atomic mass is 35.5. The van der Waals surface area contributed by atoms with E-state index in [0.29, 0.717) is 18.0 Å². The van der Waals surface area contributed by atoms with Crippen LogP contribution in [0.5, 0.6) is 0 Å². The Bertz CT molecular complexity index is 973. The first-order valence-electron chi connectivity index (χ1n) is 9.47. The molecule has 152 valence electrons. The summed E-state index contributed by atoms with van der Waals surface area (Å²) in [7, 11) is 1.41. The van der Waals surface area contributed by atoms with Crippen molar-refractivity contribution in [2.24, 2.45) is 0 Å². The van der Waals surface area contributed by atoms with E-state index in [-0.39, 0.29) is 18.3 Å². The largest absolute Gasteiger partial charge is 0.469 e. The van der Waals surface area contributed by atoms with Gasteiger partial charge in [0.05, 0.1) is 31.5 Å². The minimum Gasteiger partial charge on any atom is -0.469 e. The maximum Gasteiger partial charge on any atom is 0.305 e. The first-order valence-corrected chi connectivity index (χ1v) is 10.7. The van der Waals surface area contributed by atoms with Crippen LogP contribution in [0.1, 0.15) is 43.4 Å². The molecule has 3 rings (SSSR count). The molecule has 0 radical (unpaired) electrons. The Kier molecular flexibility index (Phi) is 7.34. The first kappa shape index (κ1) is 21.4. The highest BCUT2D eigenvalue weighted by Crippen LogP contribution is 2.36. The fourth-order valence-electron chi connectivity index (χ4n) is 2.95. The molecular formula is C22H24ClN3O2S. The van der Waals surface area contributed by atoms with Gasteiger partial charge in [-0.2, -0.15) is 0 Å². The van der Waals surface area contributed by atoms with Crippen LogP contribution in [0.4, 0.5) is 0 Å². The van der Waals surface area contributed by atoms with Crippen molar-refractivity contribution >= 4 is 29.3 Å². The zero-order valence-electron chi connectivity index (χ0n) is 16.8. The number of carbonyl (C=O) groups excluding carboxylic acids is 1. The van der Waals surface area contributed by atoms with E-state index >= 15 is 0 Å². The van der Waals surface area contributed by atoms with Gasteiger partial charge in [0.15, 0.2) is 0 Å². The van der Waals surface area contributed by atoms with Crippen molar-refractivity contribution in [1.29, 1.82) is 0 Å². The molecule has 2 heterocycles. The molecule has 0 bridgehead atoms. The average Bonchev–Trinajstić information content (AvgIpc) is 3.04. The van der Waals surface area contributed by atoms with Gasteiger partial charge in [0.1, 0.15) is 10.9 Å². The molecule has 0 amide bonds. The minimum atomic E-state index is -0.243. The van der Waals surface area contributed by atoms with E-state index in [1.54, 1.807) is 18.0 Å². The molecule has 0 unspecified atom stereocenters. The number of nitrogens with zero attached hydrogens (tertiary/aromatic N) is 3. The lowest BCUT2D eigenvalue weighted by atomic mass is 10.1. The standard InChI is InChI=1S/C22H24ClN3O2S/c1-15(2)21-22(29-18-9-6-7-16(23)13-18)26(14-17-8-4-5-12-24-17)19(25-21)10-11-20(27)28-3/h4-9,12-13,15H,10-11,14H2,1-3H3. The van der Waals surface area contributed by atoms with Gasteiger partial charge < -0.3 is 9.30 Å². The molecule has 3 aromatic rings. The number of hydrogen-bond acceptors (Lipinski definition) is 5. The molecule has 7 heteroatoms. The monoisotopic (exact) mass is 429 g/mol. The summed E-state index contributed by atoms with van der Waals surface area (Å²) >= 11 is 7.83. The van der Waals surface area contributed by atoms with Gasteiger partial charge in [-0.1, -0.05) is 49.3 Å². The van der Waals surface area contributed by atoms with E-state index in [9.17, 15) is 4.79 Å². The zero-order chi connectivity index (χ0) is 20.8. The second kappa shape index (κ2) is 9.94. The van der Waals surface area contributed by atoms with Crippen LogP contribution in [0.2, 0.25) is 5.02 Å². The molecule has 0 aliphatic heterocycles. The molecule has 0 fully saturated rings. The number of pyridine rings is 1. The van der Waals surface area contributed by atoms with Gasteiger partial charge in [-0.05, 0) is 36.2 Å². The topological polar surface area (TPSA) is 57.0 Å². The van der Waals surface area contributed by atoms with E-state index in [1.165, 1.54) is 7.11 Å². The lowest BCUT2D eigenvalue weighted by molar-refractivity contribution is -0.140. The van der Waals surface area contributed by atoms with E-state index < -0.39 is 0 Å². The van der Waals surface area contributed by atoms with Crippen LogP contribution in [0.25, 0.3) is 0 Å². The number of carbonyl (C=O) groups is 1. The number of halogens is 1. The number of benzene rings is 1. The summed E-state index contributed by atoms with van der Waals surface area (Å²) in [6.07, 6.45) is 2.58. The number of rotatable bonds is 8. The fraction of sp³-hybridized carbons (Fsp3) is 0.318. The summed E-state index contributed by atoms with van der Waals surface area (Å²) in [4.78, 5) is 22.1. The minimum absolute atomic E-state index is 0.235. The number of hydrogen-bond donors (Lipinski definition) is 0. The lowest BCUT2D eigenvalue weighted by Crippen LogP contribution is -2.10. The van der Waals surface area contributed by atoms with Crippen molar-refractivity contribution in [2.75, 3.05) is 7.11 Å². The Hall–Kier alpha value is -2.31. The van der Waals surface area contributed by atoms with Gasteiger partial charge in [-0.3, -0.25) is 9.78 Å². The highest BCUT2D eigenvalue weighted by molar-refractivity contribution is 7.99. The third-order valence-electron chi connectivity index (χ3n) is 4.41. The fourth-order valence-corrected chi connectivity index (χ4v) is 4.43. The Balaban J connectivity index is 2.04. The van der Waals surface area contributed by atoms with Crippen LogP contribution < -0.4 is 0 Å². The number of aryl methyl sites for hydroxylation is 1.